The minimum atomic E-state index is -3.61. The molecule has 0 bridgehead atoms. The van der Waals surface area contributed by atoms with E-state index in [1.165, 1.54) is 15.3 Å². The van der Waals surface area contributed by atoms with Crippen molar-refractivity contribution in [2.75, 3.05) is 23.7 Å². The number of aryl methyl sites for hydroxylation is 2. The van der Waals surface area contributed by atoms with Gasteiger partial charge in [-0.05, 0) is 61.6 Å². The van der Waals surface area contributed by atoms with Gasteiger partial charge in [0.1, 0.15) is 11.9 Å². The first-order valence-electron chi connectivity index (χ1n) is 14.4. The van der Waals surface area contributed by atoms with Gasteiger partial charge in [-0.15, -0.1) is 0 Å². The van der Waals surface area contributed by atoms with Crippen LogP contribution >= 0.6 is 0 Å². The van der Waals surface area contributed by atoms with Gasteiger partial charge >= 0.3 is 0 Å². The largest absolute Gasteiger partial charge is 0.354 e. The molecule has 0 saturated heterocycles. The van der Waals surface area contributed by atoms with Crippen molar-refractivity contribution in [2.24, 2.45) is 0 Å². The molecule has 0 aliphatic heterocycles. The van der Waals surface area contributed by atoms with Crippen molar-refractivity contribution in [1.29, 1.82) is 0 Å². The zero-order chi connectivity index (χ0) is 30.7. The van der Waals surface area contributed by atoms with E-state index in [2.05, 4.69) is 5.32 Å². The molecule has 0 aromatic heterocycles. The van der Waals surface area contributed by atoms with Crippen molar-refractivity contribution in [3.8, 4) is 0 Å². The van der Waals surface area contributed by atoms with Gasteiger partial charge in [0.15, 0.2) is 0 Å². The molecule has 1 N–H and O–H groups in total. The second-order valence-electron chi connectivity index (χ2n) is 10.7. The molecular weight excluding hydrogens is 553 g/mol. The lowest BCUT2D eigenvalue weighted by atomic mass is 10.0. The average molecular weight is 596 g/mol. The first-order valence-corrected chi connectivity index (χ1v) is 16.3. The summed E-state index contributed by atoms with van der Waals surface area (Å²) in [5.74, 6) is -1.11. The van der Waals surface area contributed by atoms with E-state index in [1.807, 2.05) is 63.2 Å². The smallest absolute Gasteiger partial charge is 0.243 e. The van der Waals surface area contributed by atoms with Crippen LogP contribution in [0.1, 0.15) is 54.9 Å². The lowest BCUT2D eigenvalue weighted by Crippen LogP contribution is -2.50. The summed E-state index contributed by atoms with van der Waals surface area (Å²) in [6, 6.07) is 20.2. The van der Waals surface area contributed by atoms with Gasteiger partial charge in [0, 0.05) is 38.0 Å². The Balaban J connectivity index is 1.88. The molecule has 9 heteroatoms. The van der Waals surface area contributed by atoms with Gasteiger partial charge in [0.2, 0.25) is 21.8 Å². The van der Waals surface area contributed by atoms with Crippen LogP contribution in [0.3, 0.4) is 0 Å². The van der Waals surface area contributed by atoms with Crippen molar-refractivity contribution in [3.05, 3.63) is 101 Å². The van der Waals surface area contributed by atoms with E-state index in [0.717, 1.165) is 35.8 Å². The van der Waals surface area contributed by atoms with Gasteiger partial charge in [0.05, 0.1) is 11.9 Å². The lowest BCUT2D eigenvalue weighted by Gasteiger charge is -2.32. The molecule has 1 atom stereocenters. The Kier molecular flexibility index (Phi) is 12.1. The molecule has 1 unspecified atom stereocenters. The molecule has 42 heavy (non-hydrogen) atoms. The number of benzene rings is 3. The van der Waals surface area contributed by atoms with Gasteiger partial charge in [-0.3, -0.25) is 13.9 Å². The number of sulfonamides is 1. The van der Waals surface area contributed by atoms with E-state index in [-0.39, 0.29) is 44.2 Å². The molecule has 3 aromatic rings. The molecular formula is C33H42FN3O4S. The molecule has 7 nitrogen and oxygen atoms in total. The van der Waals surface area contributed by atoms with Gasteiger partial charge < -0.3 is 10.2 Å². The van der Waals surface area contributed by atoms with E-state index in [9.17, 15) is 22.4 Å². The number of carbonyl (C=O) groups excluding carboxylic acids is 2. The fourth-order valence-electron chi connectivity index (χ4n) is 4.75. The summed E-state index contributed by atoms with van der Waals surface area (Å²) < 4.78 is 41.4. The number of nitrogens with one attached hydrogen (secondary N) is 1. The highest BCUT2D eigenvalue weighted by molar-refractivity contribution is 7.92. The summed E-state index contributed by atoms with van der Waals surface area (Å²) >= 11 is 0. The Morgan fingerprint density at radius 1 is 0.929 bits per heavy atom. The zero-order valence-corrected chi connectivity index (χ0v) is 25.8. The van der Waals surface area contributed by atoms with Crippen LogP contribution in [0.2, 0.25) is 0 Å². The van der Waals surface area contributed by atoms with Gasteiger partial charge in [-0.1, -0.05) is 67.9 Å². The second-order valence-corrected chi connectivity index (χ2v) is 12.6. The Labute approximate surface area is 249 Å². The highest BCUT2D eigenvalue weighted by atomic mass is 32.2. The van der Waals surface area contributed by atoms with E-state index < -0.39 is 21.9 Å². The van der Waals surface area contributed by atoms with Crippen molar-refractivity contribution in [2.45, 2.75) is 65.5 Å². The molecule has 0 fully saturated rings. The lowest BCUT2D eigenvalue weighted by molar-refractivity contribution is -0.141. The highest BCUT2D eigenvalue weighted by Crippen LogP contribution is 2.23. The quantitative estimate of drug-likeness (QED) is 0.234. The monoisotopic (exact) mass is 595 g/mol. The maximum atomic E-state index is 14.8. The van der Waals surface area contributed by atoms with Crippen LogP contribution < -0.4 is 9.62 Å². The van der Waals surface area contributed by atoms with E-state index in [1.54, 1.807) is 24.3 Å². The fourth-order valence-corrected chi connectivity index (χ4v) is 5.71. The Bertz CT molecular complexity index is 1450. The van der Waals surface area contributed by atoms with Crippen molar-refractivity contribution >= 4 is 27.5 Å². The van der Waals surface area contributed by atoms with Crippen LogP contribution in [-0.2, 0) is 32.6 Å². The maximum absolute atomic E-state index is 14.8. The molecule has 2 amide bonds. The van der Waals surface area contributed by atoms with Crippen LogP contribution in [0.25, 0.3) is 0 Å². The summed E-state index contributed by atoms with van der Waals surface area (Å²) in [5, 5.41) is 2.95. The molecule has 3 aromatic carbocycles. The van der Waals surface area contributed by atoms with Gasteiger partial charge in [-0.25, -0.2) is 12.8 Å². The maximum Gasteiger partial charge on any atom is 0.243 e. The molecule has 0 heterocycles. The summed E-state index contributed by atoms with van der Waals surface area (Å²) in [6.07, 6.45) is 3.31. The number of rotatable bonds is 15. The second kappa shape index (κ2) is 15.5. The van der Waals surface area contributed by atoms with Crippen LogP contribution in [-0.4, -0.2) is 50.5 Å². The first-order chi connectivity index (χ1) is 20.0. The standard InChI is InChI=1S/C33H42FN3O4S/c1-5-6-20-35-33(39)31(23-27-13-8-7-9-14-27)36(24-28-15-10-11-16-30(28)34)32(38)17-12-21-37(42(4,40)41)29-19-18-25(2)26(3)22-29/h7-11,13-16,18-19,22,31H,5-6,12,17,20-21,23-24H2,1-4H3,(H,35,39). The molecule has 0 aliphatic carbocycles. The number of halogens is 1. The third kappa shape index (κ3) is 9.41. The molecule has 226 valence electrons. The van der Waals surface area contributed by atoms with Gasteiger partial charge in [0.25, 0.3) is 0 Å². The summed E-state index contributed by atoms with van der Waals surface area (Å²) in [4.78, 5) is 28.8. The number of hydrogen-bond donors (Lipinski definition) is 1. The molecule has 0 aliphatic rings. The third-order valence-corrected chi connectivity index (χ3v) is 8.52. The van der Waals surface area contributed by atoms with E-state index in [0.29, 0.717) is 17.8 Å². The topological polar surface area (TPSA) is 86.8 Å². The number of hydrogen-bond acceptors (Lipinski definition) is 4. The molecule has 3 rings (SSSR count). The first kappa shape index (κ1) is 32.8. The normalized spacial score (nSPS) is 12.0. The van der Waals surface area contributed by atoms with Gasteiger partial charge in [-0.2, -0.15) is 0 Å². The van der Waals surface area contributed by atoms with E-state index in [4.69, 9.17) is 0 Å². The summed E-state index contributed by atoms with van der Waals surface area (Å²) in [5.41, 5.74) is 3.73. The number of unbranched alkanes of at least 4 members (excludes halogenated alkanes) is 1. The van der Waals surface area contributed by atoms with Crippen LogP contribution in [0.5, 0.6) is 0 Å². The minimum absolute atomic E-state index is 0.0150. The Hall–Kier alpha value is -3.72. The van der Waals surface area contributed by atoms with Crippen LogP contribution in [0.15, 0.2) is 72.8 Å². The molecule has 0 saturated carbocycles. The molecule has 0 radical (unpaired) electrons. The number of carbonyl (C=O) groups is 2. The third-order valence-electron chi connectivity index (χ3n) is 7.33. The number of amides is 2. The minimum Gasteiger partial charge on any atom is -0.354 e. The SMILES string of the molecule is CCCCNC(=O)C(Cc1ccccc1)N(Cc1ccccc1F)C(=O)CCCN(c1ccc(C)c(C)c1)S(C)(=O)=O. The predicted molar refractivity (Wildman–Crippen MR) is 166 cm³/mol. The Morgan fingerprint density at radius 2 is 1.62 bits per heavy atom. The van der Waals surface area contributed by atoms with E-state index >= 15 is 0 Å². The van der Waals surface area contributed by atoms with Crippen molar-refractivity contribution in [3.63, 3.8) is 0 Å². The number of anilines is 1. The summed E-state index contributed by atoms with van der Waals surface area (Å²) in [7, 11) is -3.61. The Morgan fingerprint density at radius 3 is 2.26 bits per heavy atom. The zero-order valence-electron chi connectivity index (χ0n) is 25.0. The number of nitrogens with zero attached hydrogens (tertiary/aromatic N) is 2. The van der Waals surface area contributed by atoms with Crippen molar-refractivity contribution in [1.82, 2.24) is 10.2 Å². The van der Waals surface area contributed by atoms with Crippen molar-refractivity contribution < 1.29 is 22.4 Å². The fraction of sp³-hybridized carbons (Fsp3) is 0.394. The molecule has 0 spiro atoms. The van der Waals surface area contributed by atoms with Crippen LogP contribution in [0.4, 0.5) is 10.1 Å². The average Bonchev–Trinajstić information content (AvgIpc) is 2.95. The summed E-state index contributed by atoms with van der Waals surface area (Å²) in [6.45, 7) is 6.38. The highest BCUT2D eigenvalue weighted by Gasteiger charge is 2.31. The van der Waals surface area contributed by atoms with Crippen LogP contribution in [0, 0.1) is 19.7 Å². The predicted octanol–water partition coefficient (Wildman–Crippen LogP) is 5.55.